The van der Waals surface area contributed by atoms with Gasteiger partial charge < -0.3 is 9.32 Å². The summed E-state index contributed by atoms with van der Waals surface area (Å²) in [5.41, 5.74) is 24.1. The number of fused-ring (bicyclic) bond motifs is 15. The first-order valence-corrected chi connectivity index (χ1v) is 25.6. The number of anilines is 3. The van der Waals surface area contributed by atoms with Crippen LogP contribution in [0.5, 0.6) is 0 Å². The van der Waals surface area contributed by atoms with Crippen molar-refractivity contribution in [1.29, 1.82) is 0 Å². The Kier molecular flexibility index (Phi) is 8.87. The van der Waals surface area contributed by atoms with Crippen LogP contribution in [0.1, 0.15) is 69.5 Å². The summed E-state index contributed by atoms with van der Waals surface area (Å²) in [6.45, 7) is 4.75. The fraction of sp³-hybridized carbons (Fsp3) is 0.0704. The molecule has 0 bridgehead atoms. The minimum Gasteiger partial charge on any atom is -0.455 e. The van der Waals surface area contributed by atoms with E-state index in [1.165, 1.54) is 77.9 Å². The summed E-state index contributed by atoms with van der Waals surface area (Å²) in [5, 5.41) is 2.26. The van der Waals surface area contributed by atoms with Gasteiger partial charge in [0.05, 0.1) is 10.8 Å². The Morgan fingerprint density at radius 2 is 0.740 bits per heavy atom. The lowest BCUT2D eigenvalue weighted by molar-refractivity contribution is 0.623. The molecule has 0 saturated carbocycles. The van der Waals surface area contributed by atoms with Gasteiger partial charge in [-0.05, 0) is 126 Å². The van der Waals surface area contributed by atoms with Crippen LogP contribution in [-0.4, -0.2) is 0 Å². The predicted molar refractivity (Wildman–Crippen MR) is 301 cm³/mol. The van der Waals surface area contributed by atoms with E-state index in [1.54, 1.807) is 0 Å². The molecule has 344 valence electrons. The molecule has 2 nitrogen and oxygen atoms in total. The van der Waals surface area contributed by atoms with Crippen molar-refractivity contribution in [1.82, 2.24) is 0 Å². The van der Waals surface area contributed by atoms with Gasteiger partial charge in [0.15, 0.2) is 0 Å². The molecule has 1 heterocycles. The molecule has 3 aliphatic carbocycles. The Bertz CT molecular complexity index is 4090. The normalized spacial score (nSPS) is 14.8. The van der Waals surface area contributed by atoms with Crippen LogP contribution in [0.3, 0.4) is 0 Å². The summed E-state index contributed by atoms with van der Waals surface area (Å²) in [4.78, 5) is 2.49. The lowest BCUT2D eigenvalue weighted by Gasteiger charge is -2.50. The topological polar surface area (TPSA) is 16.4 Å². The lowest BCUT2D eigenvalue weighted by atomic mass is 9.51. The van der Waals surface area contributed by atoms with Crippen LogP contribution in [0.25, 0.3) is 55.3 Å². The molecular formula is C71H49NO. The standard InChI is InChI=1S/C71H49NO/c1-69(2)59-29-12-9-24-53(59)55-42-40-50(44-65(55)69)72(49-38-36-46(37-39-49)52-27-19-28-58-57-26-11-18-35-67(57)73-68(52)58)51-41-43-56-54-25-10-13-30-60(54)71(66(56)45-51)63-33-16-14-31-61(63)70(47-20-5-3-6-21-47,48-22-7-4-8-23-48)62-32-15-17-34-64(62)71/h3-45H,1-2H3. The van der Waals surface area contributed by atoms with Crippen LogP contribution in [0.4, 0.5) is 17.1 Å². The second-order valence-corrected chi connectivity index (χ2v) is 20.7. The van der Waals surface area contributed by atoms with E-state index in [-0.39, 0.29) is 5.41 Å². The van der Waals surface area contributed by atoms with E-state index in [1.807, 2.05) is 6.07 Å². The molecule has 0 saturated heterocycles. The smallest absolute Gasteiger partial charge is 0.143 e. The number of nitrogens with zero attached hydrogens (tertiary/aromatic N) is 1. The first kappa shape index (κ1) is 41.8. The summed E-state index contributed by atoms with van der Waals surface area (Å²) < 4.78 is 6.57. The third-order valence-electron chi connectivity index (χ3n) is 16.8. The molecular weight excluding hydrogens is 883 g/mol. The number of hydrogen-bond acceptors (Lipinski definition) is 2. The summed E-state index contributed by atoms with van der Waals surface area (Å²) >= 11 is 0. The van der Waals surface area contributed by atoms with Crippen LogP contribution >= 0.6 is 0 Å². The van der Waals surface area contributed by atoms with Gasteiger partial charge in [-0.3, -0.25) is 0 Å². The van der Waals surface area contributed by atoms with Crippen molar-refractivity contribution >= 4 is 39.0 Å². The molecule has 73 heavy (non-hydrogen) atoms. The fourth-order valence-corrected chi connectivity index (χ4v) is 13.8. The Morgan fingerprint density at radius 1 is 0.301 bits per heavy atom. The predicted octanol–water partition coefficient (Wildman–Crippen LogP) is 18.1. The average molecular weight is 932 g/mol. The third-order valence-corrected chi connectivity index (χ3v) is 16.8. The van der Waals surface area contributed by atoms with E-state index >= 15 is 0 Å². The molecule has 0 unspecified atom stereocenters. The van der Waals surface area contributed by atoms with Crippen LogP contribution in [0.15, 0.2) is 265 Å². The number of hydrogen-bond donors (Lipinski definition) is 0. The highest BCUT2D eigenvalue weighted by molar-refractivity contribution is 6.09. The van der Waals surface area contributed by atoms with Gasteiger partial charge in [-0.15, -0.1) is 0 Å². The van der Waals surface area contributed by atoms with Gasteiger partial charge in [0.25, 0.3) is 0 Å². The van der Waals surface area contributed by atoms with Gasteiger partial charge in [-0.25, -0.2) is 0 Å². The summed E-state index contributed by atoms with van der Waals surface area (Å²) in [7, 11) is 0. The van der Waals surface area contributed by atoms with Crippen LogP contribution < -0.4 is 4.90 Å². The lowest BCUT2D eigenvalue weighted by Crippen LogP contribution is -2.44. The van der Waals surface area contributed by atoms with Crippen LogP contribution in [0, 0.1) is 0 Å². The highest BCUT2D eigenvalue weighted by atomic mass is 16.3. The number of benzene rings is 11. The molecule has 3 aliphatic rings. The van der Waals surface area contributed by atoms with Gasteiger partial charge in [0.1, 0.15) is 11.2 Å². The monoisotopic (exact) mass is 931 g/mol. The van der Waals surface area contributed by atoms with E-state index in [2.05, 4.69) is 274 Å². The van der Waals surface area contributed by atoms with Gasteiger partial charge in [0.2, 0.25) is 0 Å². The van der Waals surface area contributed by atoms with Gasteiger partial charge in [-0.1, -0.05) is 232 Å². The van der Waals surface area contributed by atoms with Crippen molar-refractivity contribution < 1.29 is 4.42 Å². The molecule has 1 spiro atoms. The van der Waals surface area contributed by atoms with E-state index in [4.69, 9.17) is 4.42 Å². The highest BCUT2D eigenvalue weighted by Gasteiger charge is 2.56. The van der Waals surface area contributed by atoms with Crippen LogP contribution in [-0.2, 0) is 16.2 Å². The molecule has 15 rings (SSSR count). The zero-order valence-electron chi connectivity index (χ0n) is 40.7. The Balaban J connectivity index is 0.978. The molecule has 1 aromatic heterocycles. The maximum absolute atomic E-state index is 6.57. The fourth-order valence-electron chi connectivity index (χ4n) is 13.8. The Hall–Kier alpha value is -8.98. The van der Waals surface area contributed by atoms with Crippen molar-refractivity contribution in [3.05, 3.63) is 316 Å². The molecule has 0 radical (unpaired) electrons. The Morgan fingerprint density at radius 3 is 1.37 bits per heavy atom. The number of furan rings is 1. The number of rotatable bonds is 6. The van der Waals surface area contributed by atoms with Gasteiger partial charge in [-0.2, -0.15) is 0 Å². The second kappa shape index (κ2) is 15.5. The Labute approximate surface area is 426 Å². The SMILES string of the molecule is CC1(C)c2ccccc2-c2ccc(N(c3ccc(-c4cccc5c4oc4ccccc45)cc3)c3ccc4c(c3)C3(c5ccccc5-4)c4ccccc4C(c4ccccc4)(c4ccccc4)c4ccccc43)cc21. The third kappa shape index (κ3) is 5.64. The second-order valence-electron chi connectivity index (χ2n) is 20.7. The van der Waals surface area contributed by atoms with E-state index in [0.29, 0.717) is 0 Å². The molecule has 0 aliphatic heterocycles. The molecule has 0 fully saturated rings. The van der Waals surface area contributed by atoms with Gasteiger partial charge >= 0.3 is 0 Å². The van der Waals surface area contributed by atoms with Crippen molar-refractivity contribution in [2.75, 3.05) is 4.90 Å². The van der Waals surface area contributed by atoms with E-state index in [9.17, 15) is 0 Å². The molecule has 12 aromatic rings. The summed E-state index contributed by atoms with van der Waals surface area (Å²) in [6, 6.07) is 97.4. The maximum atomic E-state index is 6.57. The van der Waals surface area contributed by atoms with E-state index in [0.717, 1.165) is 50.1 Å². The first-order chi connectivity index (χ1) is 36.0. The number of para-hydroxylation sites is 2. The van der Waals surface area contributed by atoms with E-state index < -0.39 is 10.8 Å². The molecule has 11 aromatic carbocycles. The van der Waals surface area contributed by atoms with Crippen molar-refractivity contribution in [3.63, 3.8) is 0 Å². The van der Waals surface area contributed by atoms with Crippen molar-refractivity contribution in [2.45, 2.75) is 30.1 Å². The molecule has 0 amide bonds. The highest BCUT2D eigenvalue weighted by Crippen LogP contribution is 2.65. The summed E-state index contributed by atoms with van der Waals surface area (Å²) in [6.07, 6.45) is 0. The average Bonchev–Trinajstić information content (AvgIpc) is 4.07. The molecule has 0 atom stereocenters. The zero-order valence-corrected chi connectivity index (χ0v) is 40.7. The maximum Gasteiger partial charge on any atom is 0.143 e. The van der Waals surface area contributed by atoms with Crippen LogP contribution in [0.2, 0.25) is 0 Å². The van der Waals surface area contributed by atoms with Crippen molar-refractivity contribution in [2.24, 2.45) is 0 Å². The minimum atomic E-state index is -0.634. The van der Waals surface area contributed by atoms with Gasteiger partial charge in [0, 0.05) is 38.8 Å². The minimum absolute atomic E-state index is 0.175. The molecule has 0 N–H and O–H groups in total. The first-order valence-electron chi connectivity index (χ1n) is 25.6. The van der Waals surface area contributed by atoms with Crippen molar-refractivity contribution in [3.8, 4) is 33.4 Å². The quantitative estimate of drug-likeness (QED) is 0.165. The molecule has 2 heteroatoms. The summed E-state index contributed by atoms with van der Waals surface area (Å²) in [5.74, 6) is 0. The zero-order chi connectivity index (χ0) is 48.5. The largest absolute Gasteiger partial charge is 0.455 e.